The van der Waals surface area contributed by atoms with E-state index in [0.717, 1.165) is 19.3 Å². The third-order valence-electron chi connectivity index (χ3n) is 4.31. The van der Waals surface area contributed by atoms with Crippen molar-refractivity contribution in [2.75, 3.05) is 0 Å². The first-order valence-electron chi connectivity index (χ1n) is 8.18. The Hall–Kier alpha value is -2.08. The van der Waals surface area contributed by atoms with Gasteiger partial charge in [0.25, 0.3) is 5.91 Å². The minimum Gasteiger partial charge on any atom is -0.454 e. The zero-order valence-electron chi connectivity index (χ0n) is 13.8. The number of halogens is 2. The molecule has 1 fully saturated rings. The Morgan fingerprint density at radius 1 is 1.23 bits per heavy atom. The Morgan fingerprint density at radius 2 is 1.92 bits per heavy atom. The van der Waals surface area contributed by atoms with Crippen molar-refractivity contribution >= 4 is 35.4 Å². The molecular formula is C19H17Cl2NO4. The molecule has 0 aliphatic heterocycles. The monoisotopic (exact) mass is 393 g/mol. The normalized spacial score (nSPS) is 13.8. The number of rotatable bonds is 6. The summed E-state index contributed by atoms with van der Waals surface area (Å²) in [5.41, 5.74) is 1.18. The van der Waals surface area contributed by atoms with Crippen LogP contribution in [0.4, 0.5) is 0 Å². The second kappa shape index (κ2) is 8.08. The highest BCUT2D eigenvalue weighted by atomic mass is 35.5. The maximum atomic E-state index is 12.5. The standard InChI is InChI=1S/C19H17Cl2NO4/c20-16-6-11(9-23)7-17(21)18(16)26-14-5-4-12(10-24)15(8-14)19(25)22-13-2-1-3-13/h4-9,13,24H,1-3,10H2,(H,22,25). The zero-order chi connectivity index (χ0) is 18.7. The van der Waals surface area contributed by atoms with Gasteiger partial charge in [-0.3, -0.25) is 9.59 Å². The van der Waals surface area contributed by atoms with Gasteiger partial charge in [-0.2, -0.15) is 0 Å². The van der Waals surface area contributed by atoms with Crippen LogP contribution in [0.1, 0.15) is 45.5 Å². The van der Waals surface area contributed by atoms with E-state index in [1.807, 2.05) is 0 Å². The predicted octanol–water partition coefficient (Wildman–Crippen LogP) is 4.37. The average Bonchev–Trinajstić information content (AvgIpc) is 2.60. The number of carbonyl (C=O) groups excluding carboxylic acids is 2. The third-order valence-corrected chi connectivity index (χ3v) is 4.87. The minimum atomic E-state index is -0.261. The van der Waals surface area contributed by atoms with Gasteiger partial charge in [-0.15, -0.1) is 0 Å². The first kappa shape index (κ1) is 18.7. The van der Waals surface area contributed by atoms with Gasteiger partial charge in [0.1, 0.15) is 12.0 Å². The van der Waals surface area contributed by atoms with Crippen LogP contribution in [0.5, 0.6) is 11.5 Å². The van der Waals surface area contributed by atoms with Gasteiger partial charge in [0.15, 0.2) is 5.75 Å². The largest absolute Gasteiger partial charge is 0.454 e. The van der Waals surface area contributed by atoms with E-state index < -0.39 is 0 Å². The lowest BCUT2D eigenvalue weighted by Gasteiger charge is -2.26. The molecule has 0 bridgehead atoms. The fourth-order valence-corrected chi connectivity index (χ4v) is 3.23. The van der Waals surface area contributed by atoms with E-state index in [4.69, 9.17) is 27.9 Å². The summed E-state index contributed by atoms with van der Waals surface area (Å²) in [4.78, 5) is 23.3. The van der Waals surface area contributed by atoms with Gasteiger partial charge in [-0.05, 0) is 49.1 Å². The second-order valence-corrected chi connectivity index (χ2v) is 6.93. The van der Waals surface area contributed by atoms with Crippen LogP contribution in [-0.4, -0.2) is 23.3 Å². The molecule has 0 unspecified atom stereocenters. The van der Waals surface area contributed by atoms with Gasteiger partial charge < -0.3 is 15.2 Å². The molecule has 1 amide bonds. The molecule has 0 aromatic heterocycles. The van der Waals surface area contributed by atoms with E-state index in [9.17, 15) is 14.7 Å². The Labute approximate surface area is 160 Å². The molecule has 136 valence electrons. The molecule has 7 heteroatoms. The number of aldehydes is 1. The number of amides is 1. The summed E-state index contributed by atoms with van der Waals surface area (Å²) < 4.78 is 5.73. The van der Waals surface area contributed by atoms with Crippen LogP contribution in [-0.2, 0) is 6.61 Å². The number of carbonyl (C=O) groups is 2. The molecule has 0 radical (unpaired) electrons. The molecule has 2 aromatic carbocycles. The quantitative estimate of drug-likeness (QED) is 0.714. The van der Waals surface area contributed by atoms with Gasteiger partial charge in [0.2, 0.25) is 0 Å². The molecule has 2 N–H and O–H groups in total. The Morgan fingerprint density at radius 3 is 2.46 bits per heavy atom. The fourth-order valence-electron chi connectivity index (χ4n) is 2.65. The van der Waals surface area contributed by atoms with Gasteiger partial charge in [0, 0.05) is 17.2 Å². The zero-order valence-corrected chi connectivity index (χ0v) is 15.3. The maximum Gasteiger partial charge on any atom is 0.252 e. The molecule has 0 heterocycles. The van der Waals surface area contributed by atoms with Gasteiger partial charge in [-0.1, -0.05) is 29.3 Å². The van der Waals surface area contributed by atoms with Crippen molar-refractivity contribution in [1.82, 2.24) is 5.32 Å². The summed E-state index contributed by atoms with van der Waals surface area (Å²) >= 11 is 12.3. The number of ether oxygens (including phenoxy) is 1. The summed E-state index contributed by atoms with van der Waals surface area (Å²) in [5.74, 6) is 0.294. The van der Waals surface area contributed by atoms with Crippen LogP contribution in [0.25, 0.3) is 0 Å². The number of aliphatic hydroxyl groups is 1. The molecule has 0 atom stereocenters. The molecule has 3 rings (SSSR count). The molecule has 1 saturated carbocycles. The number of hydrogen-bond donors (Lipinski definition) is 2. The number of hydrogen-bond acceptors (Lipinski definition) is 4. The molecular weight excluding hydrogens is 377 g/mol. The van der Waals surface area contributed by atoms with Crippen LogP contribution in [0.3, 0.4) is 0 Å². The highest BCUT2D eigenvalue weighted by Gasteiger charge is 2.22. The van der Waals surface area contributed by atoms with Crippen molar-refractivity contribution in [2.24, 2.45) is 0 Å². The summed E-state index contributed by atoms with van der Waals surface area (Å²) in [6.07, 6.45) is 3.67. The molecule has 5 nitrogen and oxygen atoms in total. The molecule has 1 aliphatic carbocycles. The summed E-state index contributed by atoms with van der Waals surface area (Å²) in [6.45, 7) is -0.261. The van der Waals surface area contributed by atoms with Gasteiger partial charge in [-0.25, -0.2) is 0 Å². The van der Waals surface area contributed by atoms with Crippen LogP contribution in [0.2, 0.25) is 10.0 Å². The maximum absolute atomic E-state index is 12.5. The Kier molecular flexibility index (Phi) is 5.81. The smallest absolute Gasteiger partial charge is 0.252 e. The first-order chi connectivity index (χ1) is 12.5. The van der Waals surface area contributed by atoms with Gasteiger partial charge >= 0.3 is 0 Å². The van der Waals surface area contributed by atoms with Crippen LogP contribution < -0.4 is 10.1 Å². The number of aliphatic hydroxyl groups excluding tert-OH is 1. The fraction of sp³-hybridized carbons (Fsp3) is 0.263. The van der Waals surface area contributed by atoms with E-state index in [1.165, 1.54) is 12.1 Å². The molecule has 0 saturated heterocycles. The lowest BCUT2D eigenvalue weighted by atomic mass is 9.92. The Balaban J connectivity index is 1.88. The van der Waals surface area contributed by atoms with Gasteiger partial charge in [0.05, 0.1) is 16.7 Å². The van der Waals surface area contributed by atoms with Crippen molar-refractivity contribution in [3.8, 4) is 11.5 Å². The van der Waals surface area contributed by atoms with Crippen molar-refractivity contribution in [3.63, 3.8) is 0 Å². The summed E-state index contributed by atoms with van der Waals surface area (Å²) in [7, 11) is 0. The summed E-state index contributed by atoms with van der Waals surface area (Å²) in [6, 6.07) is 7.85. The molecule has 0 spiro atoms. The van der Waals surface area contributed by atoms with Crippen molar-refractivity contribution < 1.29 is 19.4 Å². The summed E-state index contributed by atoms with van der Waals surface area (Å²) in [5, 5.41) is 12.8. The third kappa shape index (κ3) is 4.01. The number of benzene rings is 2. The van der Waals surface area contributed by atoms with E-state index in [2.05, 4.69) is 5.32 Å². The van der Waals surface area contributed by atoms with E-state index >= 15 is 0 Å². The highest BCUT2D eigenvalue weighted by molar-refractivity contribution is 6.37. The minimum absolute atomic E-state index is 0.179. The first-order valence-corrected chi connectivity index (χ1v) is 8.94. The van der Waals surface area contributed by atoms with E-state index in [0.29, 0.717) is 28.7 Å². The van der Waals surface area contributed by atoms with Crippen molar-refractivity contribution in [1.29, 1.82) is 0 Å². The van der Waals surface area contributed by atoms with E-state index in [1.54, 1.807) is 18.2 Å². The SMILES string of the molecule is O=Cc1cc(Cl)c(Oc2ccc(CO)c(C(=O)NC3CCC3)c2)c(Cl)c1. The van der Waals surface area contributed by atoms with E-state index in [-0.39, 0.29) is 34.4 Å². The predicted molar refractivity (Wildman–Crippen MR) is 99.4 cm³/mol. The van der Waals surface area contributed by atoms with Crippen LogP contribution in [0, 0.1) is 0 Å². The number of nitrogens with one attached hydrogen (secondary N) is 1. The lowest BCUT2D eigenvalue weighted by molar-refractivity contribution is 0.0913. The van der Waals surface area contributed by atoms with Crippen LogP contribution in [0.15, 0.2) is 30.3 Å². The van der Waals surface area contributed by atoms with Crippen LogP contribution >= 0.6 is 23.2 Å². The Bertz CT molecular complexity index is 826. The lowest BCUT2D eigenvalue weighted by Crippen LogP contribution is -2.39. The second-order valence-electron chi connectivity index (χ2n) is 6.11. The highest BCUT2D eigenvalue weighted by Crippen LogP contribution is 2.37. The molecule has 2 aromatic rings. The molecule has 1 aliphatic rings. The average molecular weight is 394 g/mol. The topological polar surface area (TPSA) is 75.6 Å². The van der Waals surface area contributed by atoms with Crippen molar-refractivity contribution in [3.05, 3.63) is 57.1 Å². The van der Waals surface area contributed by atoms with Crippen molar-refractivity contribution in [2.45, 2.75) is 31.9 Å². The molecule has 26 heavy (non-hydrogen) atoms.